The summed E-state index contributed by atoms with van der Waals surface area (Å²) in [6.45, 7) is 6.22. The lowest BCUT2D eigenvalue weighted by Gasteiger charge is -2.37. The van der Waals surface area contributed by atoms with Gasteiger partial charge in [-0.05, 0) is 57.7 Å². The van der Waals surface area contributed by atoms with E-state index in [9.17, 15) is 0 Å². The molecule has 1 saturated heterocycles. The first-order chi connectivity index (χ1) is 6.75. The first kappa shape index (κ1) is 10.4. The van der Waals surface area contributed by atoms with Gasteiger partial charge in [0, 0.05) is 12.6 Å². The van der Waals surface area contributed by atoms with Crippen molar-refractivity contribution in [3.05, 3.63) is 0 Å². The molecule has 2 rings (SSSR count). The molecule has 0 aromatic rings. The second kappa shape index (κ2) is 4.63. The van der Waals surface area contributed by atoms with E-state index in [0.717, 1.165) is 17.9 Å². The minimum absolute atomic E-state index is 0.835. The van der Waals surface area contributed by atoms with Crippen molar-refractivity contribution < 1.29 is 0 Å². The standard InChI is InChI=1S/C12H24N2/c1-10-5-6-12(10)13-8-11-4-3-7-14(2)9-11/h10-13H,3-9H2,1-2H3. The molecule has 3 unspecified atom stereocenters. The van der Waals surface area contributed by atoms with E-state index in [1.807, 2.05) is 0 Å². The lowest BCUT2D eigenvalue weighted by molar-refractivity contribution is 0.175. The highest BCUT2D eigenvalue weighted by Gasteiger charge is 2.27. The predicted molar refractivity (Wildman–Crippen MR) is 60.4 cm³/mol. The van der Waals surface area contributed by atoms with Gasteiger partial charge in [-0.2, -0.15) is 0 Å². The number of piperidine rings is 1. The Morgan fingerprint density at radius 2 is 2.14 bits per heavy atom. The molecule has 0 spiro atoms. The van der Waals surface area contributed by atoms with Gasteiger partial charge in [0.1, 0.15) is 0 Å². The van der Waals surface area contributed by atoms with Crippen LogP contribution in [0.15, 0.2) is 0 Å². The lowest BCUT2D eigenvalue weighted by Crippen LogP contribution is -2.46. The molecule has 0 aromatic carbocycles. The average Bonchev–Trinajstić information content (AvgIpc) is 2.16. The van der Waals surface area contributed by atoms with Crippen LogP contribution in [0.3, 0.4) is 0 Å². The van der Waals surface area contributed by atoms with Crippen LogP contribution in [0.1, 0.15) is 32.6 Å². The molecule has 2 fully saturated rings. The second-order valence-corrected chi connectivity index (χ2v) is 5.34. The fourth-order valence-electron chi connectivity index (χ4n) is 2.73. The topological polar surface area (TPSA) is 15.3 Å². The summed E-state index contributed by atoms with van der Waals surface area (Å²) in [5.41, 5.74) is 0. The van der Waals surface area contributed by atoms with Crippen LogP contribution in [0, 0.1) is 11.8 Å². The summed E-state index contributed by atoms with van der Waals surface area (Å²) in [6, 6.07) is 0.835. The van der Waals surface area contributed by atoms with E-state index in [1.165, 1.54) is 45.3 Å². The maximum atomic E-state index is 3.73. The number of nitrogens with one attached hydrogen (secondary N) is 1. The Kier molecular flexibility index (Phi) is 3.45. The summed E-state index contributed by atoms with van der Waals surface area (Å²) in [4.78, 5) is 2.47. The molecule has 3 atom stereocenters. The minimum atomic E-state index is 0.835. The summed E-state index contributed by atoms with van der Waals surface area (Å²) >= 11 is 0. The number of hydrogen-bond donors (Lipinski definition) is 1. The third kappa shape index (κ3) is 2.48. The van der Waals surface area contributed by atoms with E-state index in [0.29, 0.717) is 0 Å². The second-order valence-electron chi connectivity index (χ2n) is 5.34. The molecule has 1 aliphatic carbocycles. The molecule has 0 bridgehead atoms. The molecule has 2 heteroatoms. The van der Waals surface area contributed by atoms with Crippen LogP contribution >= 0.6 is 0 Å². The number of likely N-dealkylation sites (tertiary alicyclic amines) is 1. The van der Waals surface area contributed by atoms with E-state index in [1.54, 1.807) is 0 Å². The summed E-state index contributed by atoms with van der Waals surface area (Å²) < 4.78 is 0. The zero-order valence-electron chi connectivity index (χ0n) is 9.63. The summed E-state index contributed by atoms with van der Waals surface area (Å²) in [5, 5.41) is 3.73. The zero-order chi connectivity index (χ0) is 9.97. The van der Waals surface area contributed by atoms with Crippen molar-refractivity contribution in [3.63, 3.8) is 0 Å². The Morgan fingerprint density at radius 1 is 1.29 bits per heavy atom. The van der Waals surface area contributed by atoms with Gasteiger partial charge in [-0.25, -0.2) is 0 Å². The van der Waals surface area contributed by atoms with Crippen molar-refractivity contribution in [1.29, 1.82) is 0 Å². The van der Waals surface area contributed by atoms with Crippen molar-refractivity contribution in [2.45, 2.75) is 38.6 Å². The van der Waals surface area contributed by atoms with Crippen LogP contribution in [-0.4, -0.2) is 37.6 Å². The van der Waals surface area contributed by atoms with E-state index in [4.69, 9.17) is 0 Å². The maximum Gasteiger partial charge on any atom is 0.00929 e. The first-order valence-electron chi connectivity index (χ1n) is 6.17. The third-order valence-electron chi connectivity index (χ3n) is 4.01. The molecule has 2 nitrogen and oxygen atoms in total. The van der Waals surface area contributed by atoms with Crippen LogP contribution < -0.4 is 5.32 Å². The predicted octanol–water partition coefficient (Wildman–Crippen LogP) is 1.72. The Labute approximate surface area is 88.1 Å². The molecule has 1 N–H and O–H groups in total. The van der Waals surface area contributed by atoms with Gasteiger partial charge in [-0.15, -0.1) is 0 Å². The SMILES string of the molecule is CC1CCC1NCC1CCCN(C)C1. The molecule has 82 valence electrons. The van der Waals surface area contributed by atoms with E-state index >= 15 is 0 Å². The molecule has 1 heterocycles. The van der Waals surface area contributed by atoms with Gasteiger partial charge in [0.25, 0.3) is 0 Å². The largest absolute Gasteiger partial charge is 0.313 e. The van der Waals surface area contributed by atoms with Crippen molar-refractivity contribution >= 4 is 0 Å². The summed E-state index contributed by atoms with van der Waals surface area (Å²) in [5.74, 6) is 1.83. The highest BCUT2D eigenvalue weighted by atomic mass is 15.1. The molecule has 0 radical (unpaired) electrons. The number of rotatable bonds is 3. The molecular weight excluding hydrogens is 172 g/mol. The van der Waals surface area contributed by atoms with E-state index in [2.05, 4.69) is 24.2 Å². The number of hydrogen-bond acceptors (Lipinski definition) is 2. The molecule has 1 saturated carbocycles. The Bertz CT molecular complexity index is 181. The van der Waals surface area contributed by atoms with Gasteiger partial charge < -0.3 is 10.2 Å². The molecule has 14 heavy (non-hydrogen) atoms. The smallest absolute Gasteiger partial charge is 0.00929 e. The molecule has 0 amide bonds. The molecule has 1 aliphatic heterocycles. The zero-order valence-corrected chi connectivity index (χ0v) is 9.63. The summed E-state index contributed by atoms with van der Waals surface area (Å²) in [6.07, 6.45) is 5.66. The normalized spacial score (nSPS) is 39.4. The fourth-order valence-corrected chi connectivity index (χ4v) is 2.73. The van der Waals surface area contributed by atoms with Crippen LogP contribution in [0.25, 0.3) is 0 Å². The van der Waals surface area contributed by atoms with Gasteiger partial charge >= 0.3 is 0 Å². The quantitative estimate of drug-likeness (QED) is 0.739. The van der Waals surface area contributed by atoms with Crippen LogP contribution in [0.2, 0.25) is 0 Å². The first-order valence-corrected chi connectivity index (χ1v) is 6.17. The highest BCUT2D eigenvalue weighted by molar-refractivity contribution is 4.85. The molecule has 2 aliphatic rings. The minimum Gasteiger partial charge on any atom is -0.313 e. The Hall–Kier alpha value is -0.0800. The van der Waals surface area contributed by atoms with Crippen molar-refractivity contribution in [3.8, 4) is 0 Å². The van der Waals surface area contributed by atoms with Crippen molar-refractivity contribution in [2.24, 2.45) is 11.8 Å². The monoisotopic (exact) mass is 196 g/mol. The van der Waals surface area contributed by atoms with E-state index < -0.39 is 0 Å². The van der Waals surface area contributed by atoms with Gasteiger partial charge in [-0.1, -0.05) is 6.92 Å². The number of nitrogens with zero attached hydrogens (tertiary/aromatic N) is 1. The maximum absolute atomic E-state index is 3.73. The molecular formula is C12H24N2. The van der Waals surface area contributed by atoms with Gasteiger partial charge in [0.2, 0.25) is 0 Å². The van der Waals surface area contributed by atoms with Gasteiger partial charge in [0.05, 0.1) is 0 Å². The van der Waals surface area contributed by atoms with Crippen LogP contribution in [-0.2, 0) is 0 Å². The fraction of sp³-hybridized carbons (Fsp3) is 1.00. The molecule has 0 aromatic heterocycles. The Balaban J connectivity index is 1.64. The lowest BCUT2D eigenvalue weighted by atomic mass is 9.81. The Morgan fingerprint density at radius 3 is 2.71 bits per heavy atom. The van der Waals surface area contributed by atoms with Crippen molar-refractivity contribution in [1.82, 2.24) is 10.2 Å². The van der Waals surface area contributed by atoms with Gasteiger partial charge in [0.15, 0.2) is 0 Å². The van der Waals surface area contributed by atoms with Crippen LogP contribution in [0.5, 0.6) is 0 Å². The van der Waals surface area contributed by atoms with Crippen molar-refractivity contribution in [2.75, 3.05) is 26.7 Å². The van der Waals surface area contributed by atoms with Crippen LogP contribution in [0.4, 0.5) is 0 Å². The third-order valence-corrected chi connectivity index (χ3v) is 4.01. The highest BCUT2D eigenvalue weighted by Crippen LogP contribution is 2.26. The van der Waals surface area contributed by atoms with E-state index in [-0.39, 0.29) is 0 Å². The summed E-state index contributed by atoms with van der Waals surface area (Å²) in [7, 11) is 2.25. The van der Waals surface area contributed by atoms with Gasteiger partial charge in [-0.3, -0.25) is 0 Å². The average molecular weight is 196 g/mol.